The van der Waals surface area contributed by atoms with Crippen LogP contribution in [0.5, 0.6) is 0 Å². The number of pyridine rings is 1. The Labute approximate surface area is 107 Å². The molecule has 1 N–H and O–H groups in total. The third kappa shape index (κ3) is 3.35. The predicted octanol–water partition coefficient (Wildman–Crippen LogP) is 3.41. The first-order valence-corrected chi connectivity index (χ1v) is 5.37. The first kappa shape index (κ1) is 14.8. The molecule has 0 spiro atoms. The summed E-state index contributed by atoms with van der Waals surface area (Å²) in [5.74, 6) is -1.11. The molecule has 0 unspecified atom stereocenters. The predicted molar refractivity (Wildman–Crippen MR) is 59.4 cm³/mol. The van der Waals surface area contributed by atoms with Gasteiger partial charge in [-0.3, -0.25) is 4.79 Å². The molecule has 0 aliphatic heterocycles. The van der Waals surface area contributed by atoms with E-state index in [1.54, 1.807) is 0 Å². The smallest absolute Gasteiger partial charge is 0.417 e. The van der Waals surface area contributed by atoms with E-state index in [1.807, 2.05) is 0 Å². The van der Waals surface area contributed by atoms with Crippen LogP contribution in [0.3, 0.4) is 0 Å². The van der Waals surface area contributed by atoms with Crippen LogP contribution in [0, 0.1) is 5.41 Å². The molecule has 1 heterocycles. The molecular weight excluding hydrogens is 271 g/mol. The zero-order valence-electron chi connectivity index (χ0n) is 9.68. The van der Waals surface area contributed by atoms with Crippen LogP contribution in [0.4, 0.5) is 13.2 Å². The molecular formula is C11H11ClF3NO2. The lowest BCUT2D eigenvalue weighted by Gasteiger charge is -2.20. The number of rotatable bonds is 3. The SMILES string of the molecule is CC(C)(Cc1cc(C(F)(F)F)cnc1Cl)C(=O)O. The molecule has 1 rings (SSSR count). The summed E-state index contributed by atoms with van der Waals surface area (Å²) >= 11 is 5.69. The number of hydrogen-bond acceptors (Lipinski definition) is 2. The van der Waals surface area contributed by atoms with Gasteiger partial charge in [-0.15, -0.1) is 0 Å². The van der Waals surface area contributed by atoms with Gasteiger partial charge in [0.25, 0.3) is 0 Å². The van der Waals surface area contributed by atoms with E-state index in [0.717, 1.165) is 6.07 Å². The molecule has 0 aliphatic rings. The van der Waals surface area contributed by atoms with E-state index < -0.39 is 23.1 Å². The average Bonchev–Trinajstić information content (AvgIpc) is 2.19. The van der Waals surface area contributed by atoms with Crippen molar-refractivity contribution in [1.82, 2.24) is 4.98 Å². The summed E-state index contributed by atoms with van der Waals surface area (Å²) in [4.78, 5) is 14.4. The monoisotopic (exact) mass is 281 g/mol. The van der Waals surface area contributed by atoms with Crippen LogP contribution in [-0.2, 0) is 17.4 Å². The van der Waals surface area contributed by atoms with E-state index in [2.05, 4.69) is 4.98 Å². The van der Waals surface area contributed by atoms with Crippen molar-refractivity contribution in [2.45, 2.75) is 26.4 Å². The van der Waals surface area contributed by atoms with E-state index in [1.165, 1.54) is 13.8 Å². The number of aliphatic carboxylic acids is 1. The molecule has 0 radical (unpaired) electrons. The molecule has 7 heteroatoms. The molecule has 0 amide bonds. The maximum Gasteiger partial charge on any atom is 0.417 e. The third-order valence-corrected chi connectivity index (χ3v) is 2.79. The molecule has 0 aliphatic carbocycles. The van der Waals surface area contributed by atoms with Crippen molar-refractivity contribution in [3.8, 4) is 0 Å². The quantitative estimate of drug-likeness (QED) is 0.864. The van der Waals surface area contributed by atoms with Gasteiger partial charge in [-0.05, 0) is 31.9 Å². The van der Waals surface area contributed by atoms with Crippen LogP contribution in [0.25, 0.3) is 0 Å². The Morgan fingerprint density at radius 2 is 2.00 bits per heavy atom. The number of hydrogen-bond donors (Lipinski definition) is 1. The van der Waals surface area contributed by atoms with Crippen LogP contribution in [0.1, 0.15) is 25.0 Å². The van der Waals surface area contributed by atoms with Crippen molar-refractivity contribution in [2.75, 3.05) is 0 Å². The molecule has 3 nitrogen and oxygen atoms in total. The summed E-state index contributed by atoms with van der Waals surface area (Å²) < 4.78 is 37.5. The fourth-order valence-electron chi connectivity index (χ4n) is 1.32. The van der Waals surface area contributed by atoms with E-state index in [4.69, 9.17) is 16.7 Å². The maximum absolute atomic E-state index is 12.5. The summed E-state index contributed by atoms with van der Waals surface area (Å²) in [5, 5.41) is 8.82. The van der Waals surface area contributed by atoms with E-state index in [0.29, 0.717) is 6.20 Å². The van der Waals surface area contributed by atoms with Gasteiger partial charge in [0.1, 0.15) is 5.15 Å². The van der Waals surface area contributed by atoms with Crippen LogP contribution >= 0.6 is 11.6 Å². The average molecular weight is 282 g/mol. The van der Waals surface area contributed by atoms with Crippen molar-refractivity contribution in [1.29, 1.82) is 0 Å². The lowest BCUT2D eigenvalue weighted by atomic mass is 9.86. The maximum atomic E-state index is 12.5. The zero-order chi connectivity index (χ0) is 14.1. The lowest BCUT2D eigenvalue weighted by Crippen LogP contribution is -2.26. The summed E-state index contributed by atoms with van der Waals surface area (Å²) in [7, 11) is 0. The summed E-state index contributed by atoms with van der Waals surface area (Å²) in [6, 6.07) is 0.833. The van der Waals surface area contributed by atoms with Gasteiger partial charge in [0, 0.05) is 6.20 Å². The Bertz CT molecular complexity index is 472. The highest BCUT2D eigenvalue weighted by molar-refractivity contribution is 6.30. The van der Waals surface area contributed by atoms with E-state index in [9.17, 15) is 18.0 Å². The Balaban J connectivity index is 3.14. The molecule has 0 fully saturated rings. The number of carboxylic acid groups (broad SMARTS) is 1. The normalized spacial score (nSPS) is 12.6. The molecule has 1 aromatic rings. The minimum absolute atomic E-state index is 0.0684. The van der Waals surface area contributed by atoms with Crippen LogP contribution in [0.2, 0.25) is 5.15 Å². The number of carboxylic acids is 1. The molecule has 0 bridgehead atoms. The van der Waals surface area contributed by atoms with Gasteiger partial charge < -0.3 is 5.11 Å². The fraction of sp³-hybridized carbons (Fsp3) is 0.455. The largest absolute Gasteiger partial charge is 0.481 e. The molecule has 1 aromatic heterocycles. The molecule has 100 valence electrons. The summed E-state index contributed by atoms with van der Waals surface area (Å²) in [6.07, 6.45) is -4.03. The van der Waals surface area contributed by atoms with Gasteiger partial charge in [0.2, 0.25) is 0 Å². The standard InChI is InChI=1S/C11H11ClF3NO2/c1-10(2,9(17)18)4-6-3-7(11(13,14)15)5-16-8(6)12/h3,5H,4H2,1-2H3,(H,17,18). The molecule has 0 aromatic carbocycles. The Morgan fingerprint density at radius 3 is 2.44 bits per heavy atom. The highest BCUT2D eigenvalue weighted by Gasteiger charge is 2.33. The number of aromatic nitrogens is 1. The van der Waals surface area contributed by atoms with Crippen molar-refractivity contribution in [2.24, 2.45) is 5.41 Å². The Hall–Kier alpha value is -1.30. The number of nitrogens with zero attached hydrogens (tertiary/aromatic N) is 1. The minimum Gasteiger partial charge on any atom is -0.481 e. The van der Waals surface area contributed by atoms with Crippen LogP contribution in [-0.4, -0.2) is 16.1 Å². The number of alkyl halides is 3. The van der Waals surface area contributed by atoms with Gasteiger partial charge in [-0.2, -0.15) is 13.2 Å². The Kier molecular flexibility index (Phi) is 3.90. The number of carbonyl (C=O) groups is 1. The van der Waals surface area contributed by atoms with Gasteiger partial charge in [-0.1, -0.05) is 11.6 Å². The van der Waals surface area contributed by atoms with Crippen molar-refractivity contribution in [3.63, 3.8) is 0 Å². The van der Waals surface area contributed by atoms with Gasteiger partial charge in [0.15, 0.2) is 0 Å². The molecule has 0 atom stereocenters. The van der Waals surface area contributed by atoms with Gasteiger partial charge in [0.05, 0.1) is 11.0 Å². The highest BCUT2D eigenvalue weighted by Crippen LogP contribution is 2.33. The minimum atomic E-state index is -4.53. The zero-order valence-corrected chi connectivity index (χ0v) is 10.4. The van der Waals surface area contributed by atoms with Crippen molar-refractivity contribution in [3.05, 3.63) is 28.5 Å². The second kappa shape index (κ2) is 4.76. The second-order valence-corrected chi connectivity index (χ2v) is 4.90. The van der Waals surface area contributed by atoms with Crippen molar-refractivity contribution < 1.29 is 23.1 Å². The van der Waals surface area contributed by atoms with Gasteiger partial charge >= 0.3 is 12.1 Å². The summed E-state index contributed by atoms with van der Waals surface area (Å²) in [5.41, 5.74) is -2.09. The molecule has 0 saturated heterocycles. The second-order valence-electron chi connectivity index (χ2n) is 4.54. The molecule has 18 heavy (non-hydrogen) atoms. The van der Waals surface area contributed by atoms with Crippen molar-refractivity contribution >= 4 is 17.6 Å². The fourth-order valence-corrected chi connectivity index (χ4v) is 1.49. The number of halogens is 4. The lowest BCUT2D eigenvalue weighted by molar-refractivity contribution is -0.146. The highest BCUT2D eigenvalue weighted by atomic mass is 35.5. The first-order valence-electron chi connectivity index (χ1n) is 4.99. The molecule has 0 saturated carbocycles. The van der Waals surface area contributed by atoms with Crippen LogP contribution < -0.4 is 0 Å². The third-order valence-electron chi connectivity index (χ3n) is 2.45. The first-order chi connectivity index (χ1) is 8.04. The van der Waals surface area contributed by atoms with E-state index >= 15 is 0 Å². The van der Waals surface area contributed by atoms with E-state index in [-0.39, 0.29) is 17.1 Å². The Morgan fingerprint density at radius 1 is 1.44 bits per heavy atom. The van der Waals surface area contributed by atoms with Gasteiger partial charge in [-0.25, -0.2) is 4.98 Å². The topological polar surface area (TPSA) is 50.2 Å². The van der Waals surface area contributed by atoms with Crippen LogP contribution in [0.15, 0.2) is 12.3 Å². The summed E-state index contributed by atoms with van der Waals surface area (Å²) in [6.45, 7) is 2.82.